The zero-order valence-electron chi connectivity index (χ0n) is 14.1. The first-order valence-electron chi connectivity index (χ1n) is 7.46. The molecule has 2 rings (SSSR count). The SMILES string of the molecule is COCCN(Cc1ccsc1)C(=O)Nc1ccc(OC)c(OC)c1. The van der Waals surface area contributed by atoms with Crippen molar-refractivity contribution in [3.05, 3.63) is 40.6 Å². The van der Waals surface area contributed by atoms with Crippen LogP contribution in [-0.2, 0) is 11.3 Å². The van der Waals surface area contributed by atoms with Crippen molar-refractivity contribution in [2.75, 3.05) is 39.8 Å². The lowest BCUT2D eigenvalue weighted by atomic mass is 10.2. The van der Waals surface area contributed by atoms with Crippen molar-refractivity contribution in [1.82, 2.24) is 4.90 Å². The molecule has 0 bridgehead atoms. The van der Waals surface area contributed by atoms with Gasteiger partial charge in [-0.3, -0.25) is 0 Å². The lowest BCUT2D eigenvalue weighted by molar-refractivity contribution is 0.153. The molecule has 0 fully saturated rings. The molecule has 0 saturated heterocycles. The van der Waals surface area contributed by atoms with Crippen molar-refractivity contribution in [2.24, 2.45) is 0 Å². The van der Waals surface area contributed by atoms with E-state index in [9.17, 15) is 4.79 Å². The van der Waals surface area contributed by atoms with Gasteiger partial charge in [0.1, 0.15) is 0 Å². The smallest absolute Gasteiger partial charge is 0.322 e. The molecular weight excluding hydrogens is 328 g/mol. The number of urea groups is 1. The van der Waals surface area contributed by atoms with Gasteiger partial charge in [0.15, 0.2) is 11.5 Å². The fourth-order valence-corrected chi connectivity index (χ4v) is 2.83. The number of anilines is 1. The Morgan fingerprint density at radius 2 is 1.96 bits per heavy atom. The fourth-order valence-electron chi connectivity index (χ4n) is 2.17. The van der Waals surface area contributed by atoms with E-state index in [0.29, 0.717) is 36.9 Å². The number of carbonyl (C=O) groups is 1. The minimum Gasteiger partial charge on any atom is -0.493 e. The standard InChI is InChI=1S/C17H22N2O4S/c1-21-8-7-19(11-13-6-9-24-12-13)17(20)18-14-4-5-15(22-2)16(10-14)23-3/h4-6,9-10,12H,7-8,11H2,1-3H3,(H,18,20). The minimum atomic E-state index is -0.189. The summed E-state index contributed by atoms with van der Waals surface area (Å²) in [5, 5.41) is 6.92. The Balaban J connectivity index is 2.08. The van der Waals surface area contributed by atoms with Gasteiger partial charge in [-0.2, -0.15) is 11.3 Å². The average Bonchev–Trinajstić information content (AvgIpc) is 3.11. The normalized spacial score (nSPS) is 10.3. The largest absolute Gasteiger partial charge is 0.493 e. The molecule has 1 heterocycles. The van der Waals surface area contributed by atoms with Gasteiger partial charge in [0.25, 0.3) is 0 Å². The van der Waals surface area contributed by atoms with E-state index in [-0.39, 0.29) is 6.03 Å². The molecule has 0 spiro atoms. The van der Waals surface area contributed by atoms with Gasteiger partial charge in [0, 0.05) is 32.0 Å². The summed E-state index contributed by atoms with van der Waals surface area (Å²) in [5.41, 5.74) is 1.74. The number of nitrogens with one attached hydrogen (secondary N) is 1. The first-order valence-corrected chi connectivity index (χ1v) is 8.40. The molecule has 130 valence electrons. The van der Waals surface area contributed by atoms with Crippen LogP contribution in [0.1, 0.15) is 5.56 Å². The minimum absolute atomic E-state index is 0.189. The fraction of sp³-hybridized carbons (Fsp3) is 0.353. The number of hydrogen-bond acceptors (Lipinski definition) is 5. The van der Waals surface area contributed by atoms with E-state index in [4.69, 9.17) is 14.2 Å². The zero-order chi connectivity index (χ0) is 17.4. The van der Waals surface area contributed by atoms with Gasteiger partial charge in [-0.15, -0.1) is 0 Å². The lowest BCUT2D eigenvalue weighted by Crippen LogP contribution is -2.36. The molecule has 1 aromatic carbocycles. The average molecular weight is 350 g/mol. The van der Waals surface area contributed by atoms with Gasteiger partial charge in [0.2, 0.25) is 0 Å². The predicted molar refractivity (Wildman–Crippen MR) is 95.2 cm³/mol. The third kappa shape index (κ3) is 4.87. The highest BCUT2D eigenvalue weighted by Crippen LogP contribution is 2.29. The van der Waals surface area contributed by atoms with E-state index in [1.54, 1.807) is 55.8 Å². The Kier molecular flexibility index (Phi) is 6.89. The molecule has 2 amide bonds. The number of rotatable bonds is 8. The van der Waals surface area contributed by atoms with Crippen LogP contribution in [0.25, 0.3) is 0 Å². The van der Waals surface area contributed by atoms with Crippen molar-refractivity contribution in [1.29, 1.82) is 0 Å². The van der Waals surface area contributed by atoms with Crippen molar-refractivity contribution in [2.45, 2.75) is 6.54 Å². The first-order chi connectivity index (χ1) is 11.7. The Morgan fingerprint density at radius 1 is 1.17 bits per heavy atom. The summed E-state index contributed by atoms with van der Waals surface area (Å²) in [6.07, 6.45) is 0. The van der Waals surface area contributed by atoms with Crippen LogP contribution in [0, 0.1) is 0 Å². The maximum atomic E-state index is 12.6. The van der Waals surface area contributed by atoms with Crippen molar-refractivity contribution in [3.8, 4) is 11.5 Å². The number of hydrogen-bond donors (Lipinski definition) is 1. The molecule has 0 atom stereocenters. The number of amides is 2. The third-order valence-corrected chi connectivity index (χ3v) is 4.17. The Morgan fingerprint density at radius 3 is 2.58 bits per heavy atom. The second-order valence-corrected chi connectivity index (χ2v) is 5.83. The molecule has 0 aliphatic carbocycles. The molecule has 7 heteroatoms. The number of nitrogens with zero attached hydrogens (tertiary/aromatic N) is 1. The van der Waals surface area contributed by atoms with Crippen LogP contribution in [0.15, 0.2) is 35.0 Å². The second-order valence-electron chi connectivity index (χ2n) is 5.05. The van der Waals surface area contributed by atoms with E-state index in [0.717, 1.165) is 5.56 Å². The van der Waals surface area contributed by atoms with Crippen molar-refractivity contribution in [3.63, 3.8) is 0 Å². The van der Waals surface area contributed by atoms with Gasteiger partial charge in [0.05, 0.1) is 20.8 Å². The molecule has 0 saturated carbocycles. The maximum Gasteiger partial charge on any atom is 0.322 e. The molecule has 0 radical (unpaired) electrons. The molecule has 0 aliphatic heterocycles. The molecule has 0 aliphatic rings. The summed E-state index contributed by atoms with van der Waals surface area (Å²) in [4.78, 5) is 14.3. The van der Waals surface area contributed by atoms with E-state index < -0.39 is 0 Å². The van der Waals surface area contributed by atoms with Crippen LogP contribution in [0.2, 0.25) is 0 Å². The monoisotopic (exact) mass is 350 g/mol. The molecule has 1 aromatic heterocycles. The Bertz CT molecular complexity index is 646. The summed E-state index contributed by atoms with van der Waals surface area (Å²) >= 11 is 1.61. The number of ether oxygens (including phenoxy) is 3. The summed E-state index contributed by atoms with van der Waals surface area (Å²) in [7, 11) is 4.75. The number of benzene rings is 1. The molecule has 0 unspecified atom stereocenters. The van der Waals surface area contributed by atoms with E-state index >= 15 is 0 Å². The highest BCUT2D eigenvalue weighted by molar-refractivity contribution is 7.07. The third-order valence-electron chi connectivity index (χ3n) is 3.44. The molecule has 6 nitrogen and oxygen atoms in total. The second kappa shape index (κ2) is 9.14. The zero-order valence-corrected chi connectivity index (χ0v) is 14.9. The van der Waals surface area contributed by atoms with Crippen LogP contribution in [0.4, 0.5) is 10.5 Å². The van der Waals surface area contributed by atoms with Crippen LogP contribution < -0.4 is 14.8 Å². The number of methoxy groups -OCH3 is 3. The molecule has 24 heavy (non-hydrogen) atoms. The van der Waals surface area contributed by atoms with Crippen LogP contribution >= 0.6 is 11.3 Å². The van der Waals surface area contributed by atoms with E-state index in [1.165, 1.54) is 0 Å². The van der Waals surface area contributed by atoms with E-state index in [1.807, 2.05) is 16.8 Å². The van der Waals surface area contributed by atoms with E-state index in [2.05, 4.69) is 5.32 Å². The highest BCUT2D eigenvalue weighted by atomic mass is 32.1. The van der Waals surface area contributed by atoms with Gasteiger partial charge < -0.3 is 24.4 Å². The van der Waals surface area contributed by atoms with Gasteiger partial charge in [-0.25, -0.2) is 4.79 Å². The summed E-state index contributed by atoms with van der Waals surface area (Å²) < 4.78 is 15.6. The van der Waals surface area contributed by atoms with Gasteiger partial charge in [-0.1, -0.05) is 0 Å². The Hall–Kier alpha value is -2.25. The summed E-state index contributed by atoms with van der Waals surface area (Å²) in [6, 6.07) is 7.08. The lowest BCUT2D eigenvalue weighted by Gasteiger charge is -2.22. The maximum absolute atomic E-state index is 12.6. The number of carbonyl (C=O) groups excluding carboxylic acids is 1. The van der Waals surface area contributed by atoms with Crippen molar-refractivity contribution >= 4 is 23.1 Å². The number of thiophene rings is 1. The topological polar surface area (TPSA) is 60.0 Å². The summed E-state index contributed by atoms with van der Waals surface area (Å²) in [6.45, 7) is 1.51. The van der Waals surface area contributed by atoms with Crippen LogP contribution in [-0.4, -0.2) is 45.4 Å². The van der Waals surface area contributed by atoms with Crippen molar-refractivity contribution < 1.29 is 19.0 Å². The summed E-state index contributed by atoms with van der Waals surface area (Å²) in [5.74, 6) is 1.18. The molecular formula is C17H22N2O4S. The van der Waals surface area contributed by atoms with Crippen LogP contribution in [0.5, 0.6) is 11.5 Å². The highest BCUT2D eigenvalue weighted by Gasteiger charge is 2.15. The van der Waals surface area contributed by atoms with Gasteiger partial charge >= 0.3 is 6.03 Å². The molecule has 1 N–H and O–H groups in total. The Labute approximate surface area is 145 Å². The first kappa shape index (κ1) is 18.1. The van der Waals surface area contributed by atoms with Gasteiger partial charge in [-0.05, 0) is 34.5 Å². The predicted octanol–water partition coefficient (Wildman–Crippen LogP) is 3.45. The van der Waals surface area contributed by atoms with Crippen LogP contribution in [0.3, 0.4) is 0 Å². The molecule has 2 aromatic rings. The quantitative estimate of drug-likeness (QED) is 0.792.